The monoisotopic (exact) mass is 354 g/mol. The minimum Gasteiger partial charge on any atom is -0.470 e. The van der Waals surface area contributed by atoms with Crippen LogP contribution in [0.2, 0.25) is 5.02 Å². The molecular formula is C18H15ClN4O2. The molecule has 126 valence electrons. The predicted octanol–water partition coefficient (Wildman–Crippen LogP) is 4.35. The van der Waals surface area contributed by atoms with Gasteiger partial charge >= 0.3 is 6.03 Å². The van der Waals surface area contributed by atoms with Gasteiger partial charge in [-0.3, -0.25) is 5.32 Å². The summed E-state index contributed by atoms with van der Waals surface area (Å²) in [6.07, 6.45) is 2.98. The van der Waals surface area contributed by atoms with Crippen LogP contribution in [0.3, 0.4) is 0 Å². The summed E-state index contributed by atoms with van der Waals surface area (Å²) >= 11 is 5.90. The fraction of sp³-hybridized carbons (Fsp3) is 0.0556. The third-order valence-corrected chi connectivity index (χ3v) is 3.43. The largest absolute Gasteiger partial charge is 0.470 e. The van der Waals surface area contributed by atoms with Crippen LogP contribution in [0.4, 0.5) is 16.3 Å². The first-order valence-corrected chi connectivity index (χ1v) is 7.90. The van der Waals surface area contributed by atoms with Crippen molar-refractivity contribution in [3.8, 4) is 5.88 Å². The van der Waals surface area contributed by atoms with Gasteiger partial charge in [-0.2, -0.15) is 0 Å². The van der Waals surface area contributed by atoms with Gasteiger partial charge in [-0.15, -0.1) is 0 Å². The van der Waals surface area contributed by atoms with Crippen LogP contribution >= 0.6 is 11.6 Å². The number of aromatic nitrogens is 2. The van der Waals surface area contributed by atoms with Crippen molar-refractivity contribution in [2.24, 2.45) is 0 Å². The lowest BCUT2D eigenvalue weighted by atomic mass is 10.2. The van der Waals surface area contributed by atoms with Crippen molar-refractivity contribution in [3.05, 3.63) is 77.6 Å². The first-order valence-electron chi connectivity index (χ1n) is 7.52. The third kappa shape index (κ3) is 4.92. The van der Waals surface area contributed by atoms with Gasteiger partial charge in [0.2, 0.25) is 0 Å². The van der Waals surface area contributed by atoms with Gasteiger partial charge < -0.3 is 10.1 Å². The number of carbonyl (C=O) groups excluding carboxylic acids is 1. The van der Waals surface area contributed by atoms with Crippen LogP contribution in [-0.2, 0) is 6.61 Å². The van der Waals surface area contributed by atoms with E-state index in [1.165, 1.54) is 12.4 Å². The second kappa shape index (κ2) is 8.12. The van der Waals surface area contributed by atoms with E-state index in [9.17, 15) is 4.79 Å². The molecule has 0 atom stereocenters. The SMILES string of the molecule is O=C(Nc1cccc(Cl)c1)Nc1nccnc1OCc1ccccc1. The standard InChI is InChI=1S/C18H15ClN4O2/c19-14-7-4-8-15(11-14)22-18(24)23-16-17(21-10-9-20-16)25-12-13-5-2-1-3-6-13/h1-11H,12H2,(H2,20,22,23,24). The maximum Gasteiger partial charge on any atom is 0.324 e. The van der Waals surface area contributed by atoms with Gasteiger partial charge in [0.15, 0.2) is 5.82 Å². The predicted molar refractivity (Wildman–Crippen MR) is 96.9 cm³/mol. The molecule has 0 saturated carbocycles. The Morgan fingerprint density at radius 2 is 1.80 bits per heavy atom. The van der Waals surface area contributed by atoms with Crippen LogP contribution in [0.1, 0.15) is 5.56 Å². The Kier molecular flexibility index (Phi) is 5.43. The number of rotatable bonds is 5. The molecule has 3 rings (SSSR count). The molecule has 0 aliphatic carbocycles. The Hall–Kier alpha value is -3.12. The van der Waals surface area contributed by atoms with E-state index in [0.29, 0.717) is 17.3 Å². The molecule has 6 nitrogen and oxygen atoms in total. The minimum atomic E-state index is -0.465. The number of hydrogen-bond acceptors (Lipinski definition) is 4. The van der Waals surface area contributed by atoms with E-state index in [1.54, 1.807) is 24.3 Å². The molecule has 2 N–H and O–H groups in total. The number of ether oxygens (including phenoxy) is 1. The van der Waals surface area contributed by atoms with Crippen LogP contribution in [-0.4, -0.2) is 16.0 Å². The highest BCUT2D eigenvalue weighted by Gasteiger charge is 2.11. The first kappa shape index (κ1) is 16.7. The number of nitrogens with zero attached hydrogens (tertiary/aromatic N) is 2. The summed E-state index contributed by atoms with van der Waals surface area (Å²) in [6, 6.07) is 16.0. The fourth-order valence-electron chi connectivity index (χ4n) is 2.08. The number of amides is 2. The quantitative estimate of drug-likeness (QED) is 0.714. The molecule has 0 bridgehead atoms. The average molecular weight is 355 g/mol. The summed E-state index contributed by atoms with van der Waals surface area (Å²) in [6.45, 7) is 0.324. The zero-order chi connectivity index (χ0) is 17.5. The second-order valence-corrected chi connectivity index (χ2v) is 5.51. The molecule has 0 saturated heterocycles. The van der Waals surface area contributed by atoms with Gasteiger partial charge in [-0.1, -0.05) is 48.0 Å². The van der Waals surface area contributed by atoms with Crippen LogP contribution in [0, 0.1) is 0 Å². The van der Waals surface area contributed by atoms with E-state index >= 15 is 0 Å². The molecule has 25 heavy (non-hydrogen) atoms. The molecule has 7 heteroatoms. The first-order chi connectivity index (χ1) is 12.2. The zero-order valence-electron chi connectivity index (χ0n) is 13.1. The van der Waals surface area contributed by atoms with Crippen molar-refractivity contribution in [2.75, 3.05) is 10.6 Å². The highest BCUT2D eigenvalue weighted by Crippen LogP contribution is 2.20. The zero-order valence-corrected chi connectivity index (χ0v) is 13.9. The number of hydrogen-bond donors (Lipinski definition) is 2. The fourth-order valence-corrected chi connectivity index (χ4v) is 2.27. The third-order valence-electron chi connectivity index (χ3n) is 3.20. The Bertz CT molecular complexity index is 858. The number of benzene rings is 2. The van der Waals surface area contributed by atoms with Crippen molar-refractivity contribution in [3.63, 3.8) is 0 Å². The molecule has 2 aromatic carbocycles. The Morgan fingerprint density at radius 1 is 1.00 bits per heavy atom. The lowest BCUT2D eigenvalue weighted by Gasteiger charge is -2.11. The molecule has 3 aromatic rings. The van der Waals surface area contributed by atoms with Crippen molar-refractivity contribution >= 4 is 29.1 Å². The van der Waals surface area contributed by atoms with Gasteiger partial charge in [0.05, 0.1) is 0 Å². The summed E-state index contributed by atoms with van der Waals surface area (Å²) in [5.41, 5.74) is 1.56. The average Bonchev–Trinajstić information content (AvgIpc) is 2.62. The summed E-state index contributed by atoms with van der Waals surface area (Å²) in [7, 11) is 0. The van der Waals surface area contributed by atoms with Crippen molar-refractivity contribution in [2.45, 2.75) is 6.61 Å². The van der Waals surface area contributed by atoms with Gasteiger partial charge in [0.25, 0.3) is 5.88 Å². The van der Waals surface area contributed by atoms with Crippen LogP contribution in [0.5, 0.6) is 5.88 Å². The molecule has 0 spiro atoms. The number of nitrogens with one attached hydrogen (secondary N) is 2. The molecule has 0 radical (unpaired) electrons. The molecule has 0 unspecified atom stereocenters. The Balaban J connectivity index is 1.65. The van der Waals surface area contributed by atoms with Crippen molar-refractivity contribution in [1.82, 2.24) is 9.97 Å². The van der Waals surface area contributed by atoms with Gasteiger partial charge in [0, 0.05) is 23.1 Å². The lowest BCUT2D eigenvalue weighted by Crippen LogP contribution is -2.20. The normalized spacial score (nSPS) is 10.1. The maximum absolute atomic E-state index is 12.1. The van der Waals surface area contributed by atoms with Crippen molar-refractivity contribution < 1.29 is 9.53 Å². The van der Waals surface area contributed by atoms with Crippen LogP contribution in [0.15, 0.2) is 67.0 Å². The highest BCUT2D eigenvalue weighted by molar-refractivity contribution is 6.30. The smallest absolute Gasteiger partial charge is 0.324 e. The highest BCUT2D eigenvalue weighted by atomic mass is 35.5. The number of anilines is 2. The van der Waals surface area contributed by atoms with Crippen molar-refractivity contribution in [1.29, 1.82) is 0 Å². The minimum absolute atomic E-state index is 0.234. The molecule has 2 amide bonds. The summed E-state index contributed by atoms with van der Waals surface area (Å²) in [5.74, 6) is 0.477. The van der Waals surface area contributed by atoms with E-state index in [4.69, 9.17) is 16.3 Å². The lowest BCUT2D eigenvalue weighted by molar-refractivity contribution is 0.261. The maximum atomic E-state index is 12.1. The molecule has 1 heterocycles. The second-order valence-electron chi connectivity index (χ2n) is 5.07. The Morgan fingerprint density at radius 3 is 2.60 bits per heavy atom. The summed E-state index contributed by atoms with van der Waals surface area (Å²) < 4.78 is 5.66. The van der Waals surface area contributed by atoms with Crippen LogP contribution < -0.4 is 15.4 Å². The van der Waals surface area contributed by atoms with E-state index < -0.39 is 6.03 Å². The molecule has 1 aromatic heterocycles. The van der Waals surface area contributed by atoms with E-state index in [1.807, 2.05) is 30.3 Å². The topological polar surface area (TPSA) is 76.1 Å². The number of urea groups is 1. The van der Waals surface area contributed by atoms with E-state index in [-0.39, 0.29) is 11.7 Å². The summed E-state index contributed by atoms with van der Waals surface area (Å²) in [4.78, 5) is 20.4. The van der Waals surface area contributed by atoms with Gasteiger partial charge in [-0.25, -0.2) is 14.8 Å². The van der Waals surface area contributed by atoms with E-state index in [0.717, 1.165) is 5.56 Å². The van der Waals surface area contributed by atoms with Crippen LogP contribution in [0.25, 0.3) is 0 Å². The van der Waals surface area contributed by atoms with Gasteiger partial charge in [0.1, 0.15) is 6.61 Å². The van der Waals surface area contributed by atoms with E-state index in [2.05, 4.69) is 20.6 Å². The molecule has 0 fully saturated rings. The molecular weight excluding hydrogens is 340 g/mol. The number of halogens is 1. The molecule has 0 aliphatic heterocycles. The Labute approximate surface area is 149 Å². The van der Waals surface area contributed by atoms with Gasteiger partial charge in [-0.05, 0) is 23.8 Å². The molecule has 0 aliphatic rings. The number of carbonyl (C=O) groups is 1. The summed E-state index contributed by atoms with van der Waals surface area (Å²) in [5, 5.41) is 5.83.